The molecule has 154 valence electrons. The first-order chi connectivity index (χ1) is 13.3. The summed E-state index contributed by atoms with van der Waals surface area (Å²) >= 11 is 0. The highest BCUT2D eigenvalue weighted by Gasteiger charge is 2.31. The monoisotopic (exact) mass is 423 g/mol. The normalized spacial score (nSPS) is 13.5. The fourth-order valence-electron chi connectivity index (χ4n) is 2.92. The molecule has 0 fully saturated rings. The van der Waals surface area contributed by atoms with Crippen LogP contribution in [-0.2, 0) is 10.7 Å². The molecule has 0 spiro atoms. The number of aromatic nitrogens is 3. The molecule has 1 atom stereocenters. The van der Waals surface area contributed by atoms with Crippen LogP contribution in [0.15, 0.2) is 30.5 Å². The number of anilines is 2. The van der Waals surface area contributed by atoms with E-state index in [1.165, 1.54) is 12.3 Å². The van der Waals surface area contributed by atoms with E-state index in [2.05, 4.69) is 20.3 Å². The lowest BCUT2D eigenvalue weighted by atomic mass is 10.0. The van der Waals surface area contributed by atoms with Crippen LogP contribution in [0.3, 0.4) is 0 Å². The largest absolute Gasteiger partial charge is 0.416 e. The van der Waals surface area contributed by atoms with Gasteiger partial charge in [0.1, 0.15) is 24.2 Å². The Balaban J connectivity index is 2.05. The number of nitrogen functional groups attached to an aromatic ring is 1. The minimum Gasteiger partial charge on any atom is -0.399 e. The van der Waals surface area contributed by atoms with Crippen LogP contribution in [0.1, 0.15) is 29.9 Å². The molecular formula is C19H21F3N5OP. The fourth-order valence-corrected chi connectivity index (χ4v) is 3.70. The van der Waals surface area contributed by atoms with Gasteiger partial charge in [-0.2, -0.15) is 13.2 Å². The van der Waals surface area contributed by atoms with Crippen LogP contribution >= 0.6 is 7.14 Å². The molecule has 29 heavy (non-hydrogen) atoms. The molecule has 2 aromatic heterocycles. The van der Waals surface area contributed by atoms with Gasteiger partial charge in [-0.3, -0.25) is 4.98 Å². The molecule has 0 aliphatic heterocycles. The van der Waals surface area contributed by atoms with Crippen molar-refractivity contribution < 1.29 is 17.7 Å². The number of hydrogen-bond acceptors (Lipinski definition) is 6. The average Bonchev–Trinajstić information content (AvgIpc) is 2.59. The number of nitrogens with zero attached hydrogens (tertiary/aromatic N) is 3. The van der Waals surface area contributed by atoms with Crippen LogP contribution in [0.2, 0.25) is 0 Å². The van der Waals surface area contributed by atoms with Gasteiger partial charge in [-0.05, 0) is 57.0 Å². The van der Waals surface area contributed by atoms with E-state index in [4.69, 9.17) is 5.73 Å². The summed E-state index contributed by atoms with van der Waals surface area (Å²) in [6, 6.07) is 4.58. The third kappa shape index (κ3) is 4.67. The Morgan fingerprint density at radius 2 is 1.83 bits per heavy atom. The van der Waals surface area contributed by atoms with E-state index in [1.54, 1.807) is 33.2 Å². The minimum absolute atomic E-state index is 0.0246. The minimum atomic E-state index is -4.49. The second kappa shape index (κ2) is 7.30. The highest BCUT2D eigenvalue weighted by atomic mass is 31.2. The molecule has 3 aromatic rings. The Bertz CT molecular complexity index is 1130. The van der Waals surface area contributed by atoms with Gasteiger partial charge in [0, 0.05) is 11.1 Å². The third-order valence-electron chi connectivity index (χ3n) is 4.39. The number of nitrogens with one attached hydrogen (secondary N) is 1. The zero-order valence-electron chi connectivity index (χ0n) is 16.4. The number of aryl methyl sites for hydroxylation is 1. The maximum absolute atomic E-state index is 13.1. The van der Waals surface area contributed by atoms with Crippen molar-refractivity contribution in [2.45, 2.75) is 26.1 Å². The van der Waals surface area contributed by atoms with E-state index in [9.17, 15) is 17.7 Å². The van der Waals surface area contributed by atoms with Crippen molar-refractivity contribution in [1.82, 2.24) is 15.0 Å². The quantitative estimate of drug-likeness (QED) is 0.479. The van der Waals surface area contributed by atoms with Crippen LogP contribution in [0, 0.1) is 6.92 Å². The molecule has 10 heteroatoms. The number of hydrogen-bond donors (Lipinski definition) is 2. The smallest absolute Gasteiger partial charge is 0.399 e. The summed E-state index contributed by atoms with van der Waals surface area (Å²) in [5, 5.41) is 3.73. The molecule has 0 saturated heterocycles. The first kappa shape index (κ1) is 21.0. The van der Waals surface area contributed by atoms with Crippen LogP contribution in [0.4, 0.5) is 24.7 Å². The van der Waals surface area contributed by atoms with Gasteiger partial charge < -0.3 is 15.6 Å². The summed E-state index contributed by atoms with van der Waals surface area (Å²) in [7, 11) is -2.61. The summed E-state index contributed by atoms with van der Waals surface area (Å²) in [6.07, 6.45) is -2.97. The van der Waals surface area contributed by atoms with Crippen molar-refractivity contribution in [3.8, 4) is 0 Å². The van der Waals surface area contributed by atoms with Gasteiger partial charge in [-0.1, -0.05) is 0 Å². The zero-order valence-corrected chi connectivity index (χ0v) is 17.3. The first-order valence-electron chi connectivity index (χ1n) is 8.79. The van der Waals surface area contributed by atoms with Gasteiger partial charge in [0.15, 0.2) is 0 Å². The number of halogens is 3. The van der Waals surface area contributed by atoms with Crippen LogP contribution in [0.25, 0.3) is 10.9 Å². The Hall–Kier alpha value is -2.67. The first-order valence-corrected chi connectivity index (χ1v) is 11.4. The molecule has 0 radical (unpaired) electrons. The number of alkyl halides is 3. The Kier molecular flexibility index (Phi) is 5.30. The third-order valence-corrected chi connectivity index (χ3v) is 5.74. The van der Waals surface area contributed by atoms with Gasteiger partial charge >= 0.3 is 6.18 Å². The number of rotatable bonds is 4. The number of fused-ring (bicyclic) bond motifs is 1. The highest BCUT2D eigenvalue weighted by Crippen LogP contribution is 2.36. The average molecular weight is 423 g/mol. The molecular weight excluding hydrogens is 402 g/mol. The summed E-state index contributed by atoms with van der Waals surface area (Å²) in [5.41, 5.74) is 6.24. The molecule has 0 bridgehead atoms. The molecule has 6 nitrogen and oxygen atoms in total. The summed E-state index contributed by atoms with van der Waals surface area (Å²) in [5.74, 6) is 0.898. The molecule has 3 rings (SSSR count). The Morgan fingerprint density at radius 3 is 2.45 bits per heavy atom. The van der Waals surface area contributed by atoms with Gasteiger partial charge in [0.2, 0.25) is 0 Å². The molecule has 0 aliphatic rings. The summed E-state index contributed by atoms with van der Waals surface area (Å²) in [4.78, 5) is 12.9. The Morgan fingerprint density at radius 1 is 1.14 bits per heavy atom. The number of pyridine rings is 1. The molecule has 3 N–H and O–H groups in total. The maximum Gasteiger partial charge on any atom is 0.416 e. The van der Waals surface area contributed by atoms with E-state index in [0.717, 1.165) is 12.1 Å². The standard InChI is InChI=1S/C19H21F3N5OP/c1-10(12-5-13(19(20,21)22)7-14(23)6-12)25-18-15-8-17(29(3,4)28)24-9-16(15)26-11(2)27-18/h5-10H,23H2,1-4H3,(H,25,26,27)/t10-/m1/s1. The van der Waals surface area contributed by atoms with Crippen molar-refractivity contribution in [2.24, 2.45) is 0 Å². The molecule has 2 heterocycles. The molecule has 0 unspecified atom stereocenters. The topological polar surface area (TPSA) is 93.8 Å². The molecule has 0 amide bonds. The zero-order chi connectivity index (χ0) is 21.6. The van der Waals surface area contributed by atoms with E-state index in [1.807, 2.05) is 0 Å². The van der Waals surface area contributed by atoms with E-state index in [-0.39, 0.29) is 5.69 Å². The lowest BCUT2D eigenvalue weighted by Crippen LogP contribution is -2.14. The van der Waals surface area contributed by atoms with Gasteiger partial charge in [0.05, 0.1) is 23.3 Å². The van der Waals surface area contributed by atoms with Crippen molar-refractivity contribution in [3.05, 3.63) is 47.4 Å². The number of nitrogens with two attached hydrogens (primary N) is 1. The fraction of sp³-hybridized carbons (Fsp3) is 0.316. The van der Waals surface area contributed by atoms with E-state index >= 15 is 0 Å². The maximum atomic E-state index is 13.1. The lowest BCUT2D eigenvalue weighted by Gasteiger charge is -2.19. The predicted molar refractivity (Wildman–Crippen MR) is 109 cm³/mol. The molecule has 0 aliphatic carbocycles. The van der Waals surface area contributed by atoms with Crippen LogP contribution in [0.5, 0.6) is 0 Å². The summed E-state index contributed by atoms with van der Waals surface area (Å²) < 4.78 is 51.8. The van der Waals surface area contributed by atoms with Crippen LogP contribution in [-0.4, -0.2) is 28.3 Å². The second-order valence-electron chi connectivity index (χ2n) is 7.28. The van der Waals surface area contributed by atoms with Gasteiger partial charge in [-0.25, -0.2) is 9.97 Å². The SMILES string of the molecule is Cc1nc(N[C@H](C)c2cc(N)cc(C(F)(F)F)c2)c2cc(P(C)(C)=O)ncc2n1. The van der Waals surface area contributed by atoms with E-state index < -0.39 is 24.9 Å². The summed E-state index contributed by atoms with van der Waals surface area (Å²) in [6.45, 7) is 6.63. The van der Waals surface area contributed by atoms with E-state index in [0.29, 0.717) is 33.5 Å². The highest BCUT2D eigenvalue weighted by molar-refractivity contribution is 7.69. The second-order valence-corrected chi connectivity index (χ2v) is 10.4. The van der Waals surface area contributed by atoms with Gasteiger partial charge in [0.25, 0.3) is 0 Å². The molecule has 0 saturated carbocycles. The van der Waals surface area contributed by atoms with Crippen molar-refractivity contribution in [1.29, 1.82) is 0 Å². The Labute approximate surface area is 166 Å². The van der Waals surface area contributed by atoms with Gasteiger partial charge in [-0.15, -0.1) is 0 Å². The lowest BCUT2D eigenvalue weighted by molar-refractivity contribution is -0.137. The predicted octanol–water partition coefficient (Wildman–Crippen LogP) is 4.36. The molecule has 1 aromatic carbocycles. The van der Waals surface area contributed by atoms with Crippen molar-refractivity contribution in [2.75, 3.05) is 24.4 Å². The van der Waals surface area contributed by atoms with Crippen molar-refractivity contribution >= 4 is 35.0 Å². The number of benzene rings is 1. The van der Waals surface area contributed by atoms with Crippen LogP contribution < -0.4 is 16.5 Å². The van der Waals surface area contributed by atoms with Crippen molar-refractivity contribution in [3.63, 3.8) is 0 Å².